The first-order chi connectivity index (χ1) is 17.6. The van der Waals surface area contributed by atoms with E-state index < -0.39 is 53.4 Å². The summed E-state index contributed by atoms with van der Waals surface area (Å²) in [5.41, 5.74) is -2.37. The van der Waals surface area contributed by atoms with E-state index in [9.17, 15) is 26.4 Å². The second kappa shape index (κ2) is 8.84. The second-order valence-corrected chi connectivity index (χ2v) is 16.3. The Morgan fingerprint density at radius 3 is 1.37 bits per heavy atom. The Morgan fingerprint density at radius 2 is 1.08 bits per heavy atom. The summed E-state index contributed by atoms with van der Waals surface area (Å²) in [6.45, 7) is 7.80. The van der Waals surface area contributed by atoms with E-state index in [2.05, 4.69) is 10.3 Å². The number of carbonyl (C=O) groups excluding carboxylic acids is 2. The van der Waals surface area contributed by atoms with Crippen LogP contribution in [-0.2, 0) is 38.4 Å². The van der Waals surface area contributed by atoms with E-state index in [0.29, 0.717) is 51.4 Å². The van der Waals surface area contributed by atoms with Gasteiger partial charge in [0.1, 0.15) is 34.5 Å². The van der Waals surface area contributed by atoms with Crippen molar-refractivity contribution in [3.63, 3.8) is 0 Å². The molecule has 0 radical (unpaired) electrons. The molecule has 0 aliphatic heterocycles. The molecule has 0 amide bonds. The third kappa shape index (κ3) is 4.15. The molecule has 0 aromatic rings. The largest absolute Gasteiger partial charge is 0.329 e. The van der Waals surface area contributed by atoms with Gasteiger partial charge in [-0.3, -0.25) is 18.2 Å². The van der Waals surface area contributed by atoms with Gasteiger partial charge in [0.25, 0.3) is 0 Å². The van der Waals surface area contributed by atoms with Crippen LogP contribution >= 0.6 is 0 Å². The summed E-state index contributed by atoms with van der Waals surface area (Å²) < 4.78 is 61.9. The molecule has 212 valence electrons. The van der Waals surface area contributed by atoms with Crippen LogP contribution < -0.4 is 0 Å². The maximum absolute atomic E-state index is 12.9. The average molecular weight is 571 g/mol. The predicted molar refractivity (Wildman–Crippen MR) is 140 cm³/mol. The highest BCUT2D eigenvalue weighted by Gasteiger charge is 2.66. The molecule has 12 heteroatoms. The summed E-state index contributed by atoms with van der Waals surface area (Å²) in [6.07, 6.45) is 5.57. The number of Topliss-reactive ketones (excluding diaryl/α,β-unsaturated/α-hetero) is 2. The Morgan fingerprint density at radius 1 is 0.711 bits per heavy atom. The van der Waals surface area contributed by atoms with Crippen LogP contribution in [0.4, 0.5) is 0 Å². The van der Waals surface area contributed by atoms with Crippen molar-refractivity contribution in [1.82, 2.24) is 0 Å². The lowest BCUT2D eigenvalue weighted by atomic mass is 9.70. The SMILES string of the molecule is CC1(C)C2CCC1(CS(=O)(=O)ON=C1CCCCC1=NOS(=O)(=O)CC13CCC(CC1=O)C3(C)C)C(=O)C2. The summed E-state index contributed by atoms with van der Waals surface area (Å²) in [6, 6.07) is 0. The topological polar surface area (TPSA) is 146 Å². The van der Waals surface area contributed by atoms with E-state index in [-0.39, 0.29) is 34.8 Å². The van der Waals surface area contributed by atoms with E-state index in [1.54, 1.807) is 0 Å². The molecule has 0 N–H and O–H groups in total. The van der Waals surface area contributed by atoms with Gasteiger partial charge in [0.05, 0.1) is 10.8 Å². The van der Waals surface area contributed by atoms with Crippen LogP contribution in [0.15, 0.2) is 10.3 Å². The van der Waals surface area contributed by atoms with Crippen molar-refractivity contribution in [2.75, 3.05) is 11.5 Å². The van der Waals surface area contributed by atoms with Crippen molar-refractivity contribution >= 4 is 43.2 Å². The molecule has 5 saturated carbocycles. The molecule has 38 heavy (non-hydrogen) atoms. The molecule has 5 aliphatic carbocycles. The minimum absolute atomic E-state index is 0.0333. The molecule has 5 aliphatic rings. The maximum Gasteiger partial charge on any atom is 0.329 e. The molecule has 0 aromatic heterocycles. The third-order valence-electron chi connectivity index (χ3n) is 11.1. The van der Waals surface area contributed by atoms with Crippen LogP contribution in [-0.4, -0.2) is 51.3 Å². The van der Waals surface area contributed by atoms with Crippen LogP contribution in [0.3, 0.4) is 0 Å². The monoisotopic (exact) mass is 570 g/mol. The molecule has 0 spiro atoms. The fourth-order valence-electron chi connectivity index (χ4n) is 8.15. The van der Waals surface area contributed by atoms with E-state index >= 15 is 0 Å². The van der Waals surface area contributed by atoms with Gasteiger partial charge in [0, 0.05) is 12.8 Å². The summed E-state index contributed by atoms with van der Waals surface area (Å²) in [4.78, 5) is 25.5. The number of hydrogen-bond acceptors (Lipinski definition) is 10. The molecule has 5 fully saturated rings. The quantitative estimate of drug-likeness (QED) is 0.401. The van der Waals surface area contributed by atoms with Crippen LogP contribution in [0, 0.1) is 33.5 Å². The highest BCUT2D eigenvalue weighted by Crippen LogP contribution is 2.65. The van der Waals surface area contributed by atoms with Gasteiger partial charge in [0.15, 0.2) is 0 Å². The van der Waals surface area contributed by atoms with Crippen molar-refractivity contribution in [3.05, 3.63) is 0 Å². The predicted octanol–water partition coefficient (Wildman–Crippen LogP) is 3.76. The molecule has 4 atom stereocenters. The van der Waals surface area contributed by atoms with Crippen molar-refractivity contribution in [1.29, 1.82) is 0 Å². The second-order valence-electron chi connectivity index (χ2n) is 13.2. The van der Waals surface area contributed by atoms with Crippen molar-refractivity contribution in [2.24, 2.45) is 43.8 Å². The summed E-state index contributed by atoms with van der Waals surface area (Å²) >= 11 is 0. The Balaban J connectivity index is 1.30. The molecule has 0 saturated heterocycles. The zero-order valence-corrected chi connectivity index (χ0v) is 24.2. The van der Waals surface area contributed by atoms with Crippen molar-refractivity contribution < 1.29 is 35.0 Å². The third-order valence-corrected chi connectivity index (χ3v) is 13.4. The minimum atomic E-state index is -4.18. The van der Waals surface area contributed by atoms with Gasteiger partial charge in [-0.1, -0.05) is 38.0 Å². The van der Waals surface area contributed by atoms with Crippen molar-refractivity contribution in [2.45, 2.75) is 91.9 Å². The summed E-state index contributed by atoms with van der Waals surface area (Å²) in [5, 5.41) is 7.73. The lowest BCUT2D eigenvalue weighted by molar-refractivity contribution is -0.128. The zero-order chi connectivity index (χ0) is 27.8. The van der Waals surface area contributed by atoms with Crippen LogP contribution in [0.1, 0.15) is 91.9 Å². The van der Waals surface area contributed by atoms with E-state index in [4.69, 9.17) is 8.57 Å². The highest BCUT2D eigenvalue weighted by molar-refractivity contribution is 7.87. The molecule has 10 nitrogen and oxygen atoms in total. The van der Waals surface area contributed by atoms with Gasteiger partial charge < -0.3 is 0 Å². The Kier molecular flexibility index (Phi) is 6.45. The number of nitrogens with zero attached hydrogens (tertiary/aromatic N) is 2. The van der Waals surface area contributed by atoms with E-state index in [0.717, 1.165) is 12.8 Å². The lowest BCUT2D eigenvalue weighted by Gasteiger charge is -2.35. The fourth-order valence-corrected chi connectivity index (χ4v) is 11.2. The highest BCUT2D eigenvalue weighted by atomic mass is 32.2. The Labute approximate surface area is 225 Å². The molecular weight excluding hydrogens is 532 g/mol. The maximum atomic E-state index is 12.9. The van der Waals surface area contributed by atoms with Crippen molar-refractivity contribution in [3.8, 4) is 0 Å². The molecule has 0 heterocycles. The van der Waals surface area contributed by atoms with Crippen LogP contribution in [0.2, 0.25) is 0 Å². The number of ketones is 2. The number of carbonyl (C=O) groups is 2. The normalized spacial score (nSPS) is 37.9. The molecule has 4 bridgehead atoms. The van der Waals surface area contributed by atoms with Gasteiger partial charge in [0.2, 0.25) is 0 Å². The summed E-state index contributed by atoms with van der Waals surface area (Å²) in [7, 11) is -8.36. The van der Waals surface area contributed by atoms with Gasteiger partial charge >= 0.3 is 20.2 Å². The first-order valence-corrected chi connectivity index (χ1v) is 16.7. The van der Waals surface area contributed by atoms with Gasteiger partial charge in [-0.05, 0) is 74.0 Å². The molecule has 5 rings (SSSR count). The lowest BCUT2D eigenvalue weighted by Crippen LogP contribution is -2.42. The summed E-state index contributed by atoms with van der Waals surface area (Å²) in [5.74, 6) is -0.574. The van der Waals surface area contributed by atoms with E-state index in [1.165, 1.54) is 0 Å². The number of oxime groups is 2. The van der Waals surface area contributed by atoms with E-state index in [1.807, 2.05) is 27.7 Å². The minimum Gasteiger partial charge on any atom is -0.299 e. The fraction of sp³-hybridized carbons (Fsp3) is 0.846. The molecular formula is C26H38N2O8S2. The van der Waals surface area contributed by atoms with Gasteiger partial charge in [-0.25, -0.2) is 0 Å². The number of rotatable bonds is 8. The average Bonchev–Trinajstić information content (AvgIpc) is 3.35. The van der Waals surface area contributed by atoms with Crippen LogP contribution in [0.5, 0.6) is 0 Å². The van der Waals surface area contributed by atoms with Gasteiger partial charge in [-0.15, -0.1) is 0 Å². The number of hydrogen-bond donors (Lipinski definition) is 0. The van der Waals surface area contributed by atoms with Crippen LogP contribution in [0.25, 0.3) is 0 Å². The van der Waals surface area contributed by atoms with Gasteiger partial charge in [-0.2, -0.15) is 16.8 Å². The molecule has 4 unspecified atom stereocenters. The molecule has 0 aromatic carbocycles. The Bertz CT molecular complexity index is 1230. The Hall–Kier alpha value is -1.82. The number of fused-ring (bicyclic) bond motifs is 4. The first-order valence-electron chi connectivity index (χ1n) is 13.6. The zero-order valence-electron chi connectivity index (χ0n) is 22.6. The standard InChI is InChI=1S/C26H38N2O8S2/c1-23(2)17-9-11-25(23,21(29)13-17)15-37(31,32)35-27-19-7-5-6-8-20(19)28-36-38(33,34)16-26-12-10-18(14-22(26)30)24(26,3)4/h17-18H,5-16H2,1-4H3. The smallest absolute Gasteiger partial charge is 0.299 e. The first kappa shape index (κ1) is 27.7.